The minimum absolute atomic E-state index is 0.129. The van der Waals surface area contributed by atoms with Gasteiger partial charge in [-0.3, -0.25) is 4.79 Å². The number of hydrogen-bond donors (Lipinski definition) is 0. The molecular weight excluding hydrogens is 646 g/mol. The quantitative estimate of drug-likeness (QED) is 0.0566. The fourth-order valence-corrected chi connectivity index (χ4v) is 4.68. The smallest absolute Gasteiger partial charge is 0.305 e. The lowest BCUT2D eigenvalue weighted by Gasteiger charge is -2.10. The molecule has 300 valence electrons. The highest BCUT2D eigenvalue weighted by Crippen LogP contribution is 2.13. The second-order valence-electron chi connectivity index (χ2n) is 12.5. The topological polar surface area (TPSA) is 113 Å². The number of ether oxygens (including phenoxy) is 10. The van der Waals surface area contributed by atoms with Gasteiger partial charge < -0.3 is 52.3 Å². The fourth-order valence-electron chi connectivity index (χ4n) is 4.68. The fraction of sp³-hybridized carbons (Fsp3) is 0.974. The second-order valence-corrected chi connectivity index (χ2v) is 12.5. The highest BCUT2D eigenvalue weighted by Gasteiger charge is 2.03. The molecule has 0 spiro atoms. The van der Waals surface area contributed by atoms with Gasteiger partial charge in [0.15, 0.2) is 0 Å². The van der Waals surface area contributed by atoms with E-state index in [2.05, 4.69) is 11.8 Å². The number of rotatable bonds is 44. The molecule has 0 atom stereocenters. The molecule has 0 aromatic rings. The van der Waals surface area contributed by atoms with Crippen LogP contribution >= 0.6 is 0 Å². The van der Waals surface area contributed by atoms with E-state index >= 15 is 0 Å². The van der Waals surface area contributed by atoms with Gasteiger partial charge >= 0.3 is 5.97 Å². The van der Waals surface area contributed by atoms with E-state index in [1.807, 2.05) is 14.1 Å². The van der Waals surface area contributed by atoms with Gasteiger partial charge in [-0.15, -0.1) is 0 Å². The monoisotopic (exact) mass is 724 g/mol. The Morgan fingerprint density at radius 2 is 0.620 bits per heavy atom. The van der Waals surface area contributed by atoms with Gasteiger partial charge in [-0.25, -0.2) is 0 Å². The first kappa shape index (κ1) is 49.1. The van der Waals surface area contributed by atoms with Gasteiger partial charge in [-0.2, -0.15) is 0 Å². The summed E-state index contributed by atoms with van der Waals surface area (Å²) in [5.41, 5.74) is 0. The molecule has 50 heavy (non-hydrogen) atoms. The summed E-state index contributed by atoms with van der Waals surface area (Å²) in [7, 11) is 4.04. The molecule has 0 fully saturated rings. The highest BCUT2D eigenvalue weighted by molar-refractivity contribution is 5.69. The van der Waals surface area contributed by atoms with E-state index in [0.717, 1.165) is 19.4 Å². The van der Waals surface area contributed by atoms with Crippen LogP contribution < -0.4 is 0 Å². The molecule has 0 saturated heterocycles. The molecule has 0 saturated carbocycles. The minimum atomic E-state index is -0.129. The number of unbranched alkanes of at least 4 members (excludes halogenated alkanes) is 12. The van der Waals surface area contributed by atoms with Gasteiger partial charge in [0.05, 0.1) is 119 Å². The van der Waals surface area contributed by atoms with Crippen LogP contribution in [0.15, 0.2) is 0 Å². The lowest BCUT2D eigenvalue weighted by molar-refractivity contribution is -0.145. The predicted molar refractivity (Wildman–Crippen MR) is 197 cm³/mol. The van der Waals surface area contributed by atoms with E-state index < -0.39 is 0 Å². The number of carbonyl (C=O) groups excluding carboxylic acids is 1. The average Bonchev–Trinajstić information content (AvgIpc) is 3.11. The molecule has 0 amide bonds. The summed E-state index contributed by atoms with van der Waals surface area (Å²) in [5.74, 6) is -0.129. The minimum Gasteiger partial charge on any atom is -0.463 e. The van der Waals surface area contributed by atoms with Crippen molar-refractivity contribution < 1.29 is 52.2 Å². The Balaban J connectivity index is 3.13. The van der Waals surface area contributed by atoms with Crippen LogP contribution in [0.1, 0.15) is 96.8 Å². The predicted octanol–water partition coefficient (Wildman–Crippen LogP) is 5.72. The van der Waals surface area contributed by atoms with Gasteiger partial charge in [-0.05, 0) is 20.5 Å². The maximum absolute atomic E-state index is 11.9. The maximum atomic E-state index is 11.9. The van der Waals surface area contributed by atoms with Crippen LogP contribution in [0, 0.1) is 0 Å². The van der Waals surface area contributed by atoms with E-state index in [1.54, 1.807) is 0 Å². The molecule has 0 aliphatic heterocycles. The Morgan fingerprint density at radius 1 is 0.360 bits per heavy atom. The van der Waals surface area contributed by atoms with Gasteiger partial charge in [0.25, 0.3) is 0 Å². The molecule has 0 unspecified atom stereocenters. The van der Waals surface area contributed by atoms with Crippen molar-refractivity contribution in [1.82, 2.24) is 4.90 Å². The van der Waals surface area contributed by atoms with E-state index in [-0.39, 0.29) is 5.97 Å². The van der Waals surface area contributed by atoms with Crippen molar-refractivity contribution in [3.05, 3.63) is 0 Å². The van der Waals surface area contributed by atoms with Crippen LogP contribution in [0.2, 0.25) is 0 Å². The molecule has 0 N–H and O–H groups in total. The number of nitrogens with zero attached hydrogens (tertiary/aromatic N) is 1. The van der Waals surface area contributed by atoms with E-state index in [1.165, 1.54) is 70.6 Å². The molecular formula is C38H77NO11. The van der Waals surface area contributed by atoms with Crippen LogP contribution in [0.25, 0.3) is 0 Å². The number of esters is 1. The van der Waals surface area contributed by atoms with Crippen molar-refractivity contribution in [2.75, 3.05) is 146 Å². The summed E-state index contributed by atoms with van der Waals surface area (Å²) >= 11 is 0. The van der Waals surface area contributed by atoms with Gasteiger partial charge in [0.2, 0.25) is 0 Å². The standard InChI is InChI=1S/C38H77NO11/c1-4-5-6-7-8-9-10-11-12-13-14-15-16-17-38(40)50-37-36-49-35-34-48-33-32-47-31-30-46-29-28-45-27-26-44-25-24-43-23-22-42-21-20-41-19-18-39(2)3/h4-37H2,1-3H3. The third-order valence-electron chi connectivity index (χ3n) is 7.63. The summed E-state index contributed by atoms with van der Waals surface area (Å²) in [6.07, 6.45) is 17.4. The van der Waals surface area contributed by atoms with Crippen LogP contribution in [0.4, 0.5) is 0 Å². The third-order valence-corrected chi connectivity index (χ3v) is 7.63. The Hall–Kier alpha value is -0.930. The Bertz CT molecular complexity index is 646. The highest BCUT2D eigenvalue weighted by atomic mass is 16.6. The van der Waals surface area contributed by atoms with E-state index in [4.69, 9.17) is 47.4 Å². The number of hydrogen-bond acceptors (Lipinski definition) is 12. The zero-order chi connectivity index (χ0) is 36.3. The molecule has 0 aromatic carbocycles. The lowest BCUT2D eigenvalue weighted by Crippen LogP contribution is -2.19. The van der Waals surface area contributed by atoms with E-state index in [9.17, 15) is 4.79 Å². The summed E-state index contributed by atoms with van der Waals surface area (Å²) < 4.78 is 54.6. The zero-order valence-electron chi connectivity index (χ0n) is 32.5. The van der Waals surface area contributed by atoms with E-state index in [0.29, 0.717) is 132 Å². The molecule has 0 radical (unpaired) electrons. The molecule has 0 bridgehead atoms. The largest absolute Gasteiger partial charge is 0.463 e. The Labute approximate surface area is 305 Å². The molecule has 0 aliphatic carbocycles. The van der Waals surface area contributed by atoms with Gasteiger partial charge in [-0.1, -0.05) is 84.0 Å². The van der Waals surface area contributed by atoms with Crippen molar-refractivity contribution in [2.24, 2.45) is 0 Å². The summed E-state index contributed by atoms with van der Waals surface area (Å²) in [5, 5.41) is 0. The van der Waals surface area contributed by atoms with Crippen LogP contribution in [0.3, 0.4) is 0 Å². The Kier molecular flexibility index (Phi) is 43.4. The van der Waals surface area contributed by atoms with Gasteiger partial charge in [0, 0.05) is 13.0 Å². The first-order valence-corrected chi connectivity index (χ1v) is 19.7. The average molecular weight is 724 g/mol. The zero-order valence-corrected chi connectivity index (χ0v) is 32.5. The normalized spacial score (nSPS) is 11.6. The molecule has 12 nitrogen and oxygen atoms in total. The van der Waals surface area contributed by atoms with Crippen molar-refractivity contribution in [1.29, 1.82) is 0 Å². The van der Waals surface area contributed by atoms with Gasteiger partial charge in [0.1, 0.15) is 6.61 Å². The first-order chi connectivity index (χ1) is 24.7. The van der Waals surface area contributed by atoms with Crippen LogP contribution in [0.5, 0.6) is 0 Å². The lowest BCUT2D eigenvalue weighted by atomic mass is 10.0. The van der Waals surface area contributed by atoms with Crippen molar-refractivity contribution in [3.8, 4) is 0 Å². The number of carbonyl (C=O) groups is 1. The van der Waals surface area contributed by atoms with Crippen LogP contribution in [-0.2, 0) is 52.2 Å². The first-order valence-electron chi connectivity index (χ1n) is 19.7. The maximum Gasteiger partial charge on any atom is 0.305 e. The van der Waals surface area contributed by atoms with Crippen molar-refractivity contribution >= 4 is 5.97 Å². The van der Waals surface area contributed by atoms with Crippen molar-refractivity contribution in [3.63, 3.8) is 0 Å². The third kappa shape index (κ3) is 45.1. The SMILES string of the molecule is CCCCCCCCCCCCCCCC(=O)OCCOCCOCCOCCOCCOCCOCCOCCOCCOCCN(C)C. The van der Waals surface area contributed by atoms with Crippen molar-refractivity contribution in [2.45, 2.75) is 96.8 Å². The molecule has 0 heterocycles. The summed E-state index contributed by atoms with van der Waals surface area (Å²) in [6, 6.07) is 0. The molecule has 0 rings (SSSR count). The summed E-state index contributed by atoms with van der Waals surface area (Å²) in [6.45, 7) is 12.9. The second kappa shape index (κ2) is 44.2. The molecule has 0 aliphatic rings. The Morgan fingerprint density at radius 3 is 0.920 bits per heavy atom. The molecule has 0 aromatic heterocycles. The van der Waals surface area contributed by atoms with Crippen LogP contribution in [-0.4, -0.2) is 157 Å². The summed E-state index contributed by atoms with van der Waals surface area (Å²) in [4.78, 5) is 13.9. The molecule has 12 heteroatoms. The number of likely N-dealkylation sites (N-methyl/N-ethyl adjacent to an activating group) is 1.